The second-order valence-electron chi connectivity index (χ2n) is 6.75. The number of imidazole rings is 1. The van der Waals surface area contributed by atoms with E-state index in [9.17, 15) is 5.11 Å². The first-order valence-corrected chi connectivity index (χ1v) is 8.78. The Kier molecular flexibility index (Phi) is 4.20. The summed E-state index contributed by atoms with van der Waals surface area (Å²) < 4.78 is 1.97. The minimum atomic E-state index is 0.204. The van der Waals surface area contributed by atoms with E-state index in [4.69, 9.17) is 4.98 Å². The summed E-state index contributed by atoms with van der Waals surface area (Å²) >= 11 is 0. The first-order chi connectivity index (χ1) is 13.0. The number of hydrogen-bond donors (Lipinski definition) is 1. The summed E-state index contributed by atoms with van der Waals surface area (Å²) in [6.07, 6.45) is 2.02. The molecule has 5 nitrogen and oxygen atoms in total. The van der Waals surface area contributed by atoms with Crippen LogP contribution in [-0.4, -0.2) is 14.5 Å². The van der Waals surface area contributed by atoms with Crippen LogP contribution in [0.25, 0.3) is 16.9 Å². The molecule has 0 aliphatic rings. The fraction of sp³-hybridized carbons (Fsp3) is 0.136. The molecule has 0 radical (unpaired) electrons. The Morgan fingerprint density at radius 3 is 2.37 bits per heavy atom. The quantitative estimate of drug-likeness (QED) is 0.454. The third-order valence-electron chi connectivity index (χ3n) is 4.50. The monoisotopic (exact) mass is 356 g/mol. The summed E-state index contributed by atoms with van der Waals surface area (Å²) in [5.74, 6) is 0.894. The molecule has 27 heavy (non-hydrogen) atoms. The molecular formula is C22H20N4O. The molecular weight excluding hydrogens is 336 g/mol. The SMILES string of the molecule is Cc1ccc(C)c(-c2nc3ccc(C)cn3c2N=Nc2ccc(O)cc2)c1. The third-order valence-corrected chi connectivity index (χ3v) is 4.50. The molecule has 0 fully saturated rings. The predicted octanol–water partition coefficient (Wildman–Crippen LogP) is 6.05. The predicted molar refractivity (Wildman–Crippen MR) is 107 cm³/mol. The molecule has 0 atom stereocenters. The van der Waals surface area contributed by atoms with Crippen LogP contribution in [0.15, 0.2) is 71.0 Å². The van der Waals surface area contributed by atoms with Crippen molar-refractivity contribution in [1.29, 1.82) is 0 Å². The van der Waals surface area contributed by atoms with Gasteiger partial charge >= 0.3 is 0 Å². The Hall–Kier alpha value is -3.47. The lowest BCUT2D eigenvalue weighted by molar-refractivity contribution is 0.475. The molecule has 0 amide bonds. The average molecular weight is 356 g/mol. The van der Waals surface area contributed by atoms with Crippen molar-refractivity contribution >= 4 is 17.2 Å². The van der Waals surface area contributed by atoms with E-state index in [1.54, 1.807) is 24.3 Å². The van der Waals surface area contributed by atoms with Crippen molar-refractivity contribution in [2.24, 2.45) is 10.2 Å². The van der Waals surface area contributed by atoms with E-state index in [0.717, 1.165) is 28.0 Å². The van der Waals surface area contributed by atoms with Crippen molar-refractivity contribution in [3.05, 3.63) is 77.5 Å². The third kappa shape index (κ3) is 3.31. The Labute approximate surface area is 157 Å². The van der Waals surface area contributed by atoms with Gasteiger partial charge in [0.25, 0.3) is 0 Å². The molecule has 1 N–H and O–H groups in total. The molecule has 0 bridgehead atoms. The molecule has 2 heterocycles. The van der Waals surface area contributed by atoms with Crippen LogP contribution in [0.2, 0.25) is 0 Å². The molecule has 0 spiro atoms. The number of pyridine rings is 1. The van der Waals surface area contributed by atoms with Crippen LogP contribution >= 0.6 is 0 Å². The van der Waals surface area contributed by atoms with Gasteiger partial charge < -0.3 is 5.11 Å². The van der Waals surface area contributed by atoms with E-state index in [-0.39, 0.29) is 5.75 Å². The summed E-state index contributed by atoms with van der Waals surface area (Å²) in [6, 6.07) is 17.0. The van der Waals surface area contributed by atoms with Gasteiger partial charge in [0, 0.05) is 11.8 Å². The maximum absolute atomic E-state index is 9.44. The van der Waals surface area contributed by atoms with Crippen molar-refractivity contribution in [2.45, 2.75) is 20.8 Å². The lowest BCUT2D eigenvalue weighted by Crippen LogP contribution is -1.86. The number of aryl methyl sites for hydroxylation is 3. The standard InChI is InChI=1S/C22H20N4O/c1-14-4-6-16(3)19(12-14)21-22(25-24-17-7-9-18(27)10-8-17)26-13-15(2)5-11-20(26)23-21/h4-13,27H,1-3H3. The smallest absolute Gasteiger partial charge is 0.187 e. The zero-order chi connectivity index (χ0) is 19.0. The van der Waals surface area contributed by atoms with Crippen LogP contribution in [0, 0.1) is 20.8 Å². The minimum Gasteiger partial charge on any atom is -0.508 e. The van der Waals surface area contributed by atoms with Crippen LogP contribution in [0.5, 0.6) is 5.75 Å². The fourth-order valence-corrected chi connectivity index (χ4v) is 3.03. The van der Waals surface area contributed by atoms with Gasteiger partial charge in [0.2, 0.25) is 0 Å². The van der Waals surface area contributed by atoms with Crippen molar-refractivity contribution in [3.8, 4) is 17.0 Å². The summed E-state index contributed by atoms with van der Waals surface area (Å²) in [7, 11) is 0. The Morgan fingerprint density at radius 2 is 1.59 bits per heavy atom. The molecule has 134 valence electrons. The summed E-state index contributed by atoms with van der Waals surface area (Å²) in [5.41, 5.74) is 6.79. The van der Waals surface area contributed by atoms with E-state index in [1.807, 2.05) is 29.7 Å². The molecule has 2 aromatic carbocycles. The number of benzene rings is 2. The average Bonchev–Trinajstić information content (AvgIpc) is 3.01. The van der Waals surface area contributed by atoms with Crippen LogP contribution in [0.1, 0.15) is 16.7 Å². The number of phenols is 1. The molecule has 0 unspecified atom stereocenters. The van der Waals surface area contributed by atoms with Crippen LogP contribution in [0.3, 0.4) is 0 Å². The first-order valence-electron chi connectivity index (χ1n) is 8.78. The molecule has 5 heteroatoms. The van der Waals surface area contributed by atoms with E-state index in [0.29, 0.717) is 11.5 Å². The van der Waals surface area contributed by atoms with Gasteiger partial charge in [0.05, 0.1) is 5.69 Å². The maximum atomic E-state index is 9.44. The summed E-state index contributed by atoms with van der Waals surface area (Å²) in [5, 5.41) is 18.3. The zero-order valence-corrected chi connectivity index (χ0v) is 15.5. The number of aromatic nitrogens is 2. The van der Waals surface area contributed by atoms with Gasteiger partial charge in [-0.25, -0.2) is 4.98 Å². The topological polar surface area (TPSA) is 62.2 Å². The van der Waals surface area contributed by atoms with Crippen molar-refractivity contribution < 1.29 is 5.11 Å². The van der Waals surface area contributed by atoms with E-state index in [2.05, 4.69) is 42.3 Å². The van der Waals surface area contributed by atoms with Gasteiger partial charge in [-0.05, 0) is 68.3 Å². The van der Waals surface area contributed by atoms with Crippen molar-refractivity contribution in [2.75, 3.05) is 0 Å². The number of azo groups is 1. The fourth-order valence-electron chi connectivity index (χ4n) is 3.03. The Morgan fingerprint density at radius 1 is 0.852 bits per heavy atom. The van der Waals surface area contributed by atoms with Crippen LogP contribution in [0.4, 0.5) is 11.5 Å². The van der Waals surface area contributed by atoms with Gasteiger partial charge in [-0.3, -0.25) is 4.40 Å². The van der Waals surface area contributed by atoms with Crippen LogP contribution in [-0.2, 0) is 0 Å². The number of fused-ring (bicyclic) bond motifs is 1. The highest BCUT2D eigenvalue weighted by Gasteiger charge is 2.16. The second-order valence-corrected chi connectivity index (χ2v) is 6.75. The first kappa shape index (κ1) is 17.0. The highest BCUT2D eigenvalue weighted by atomic mass is 16.3. The molecule has 0 aliphatic heterocycles. The van der Waals surface area contributed by atoms with Crippen LogP contribution < -0.4 is 0 Å². The molecule has 4 rings (SSSR count). The molecule has 4 aromatic rings. The summed E-state index contributed by atoms with van der Waals surface area (Å²) in [6.45, 7) is 6.18. The second kappa shape index (κ2) is 6.68. The lowest BCUT2D eigenvalue weighted by Gasteiger charge is -2.05. The van der Waals surface area contributed by atoms with Crippen molar-refractivity contribution in [3.63, 3.8) is 0 Å². The zero-order valence-electron chi connectivity index (χ0n) is 15.5. The maximum Gasteiger partial charge on any atom is 0.187 e. The number of rotatable bonds is 3. The van der Waals surface area contributed by atoms with E-state index < -0.39 is 0 Å². The molecule has 0 saturated heterocycles. The lowest BCUT2D eigenvalue weighted by atomic mass is 10.0. The minimum absolute atomic E-state index is 0.204. The highest BCUT2D eigenvalue weighted by molar-refractivity contribution is 5.77. The number of phenolic OH excluding ortho intramolecular Hbond substituents is 1. The molecule has 2 aromatic heterocycles. The molecule has 0 aliphatic carbocycles. The summed E-state index contributed by atoms with van der Waals surface area (Å²) in [4.78, 5) is 4.82. The Bertz CT molecular complexity index is 1160. The van der Waals surface area contributed by atoms with E-state index >= 15 is 0 Å². The molecule has 0 saturated carbocycles. The Balaban J connectivity index is 1.92. The number of nitrogens with zero attached hydrogens (tertiary/aromatic N) is 4. The number of hydrogen-bond acceptors (Lipinski definition) is 4. The van der Waals surface area contributed by atoms with Crippen molar-refractivity contribution in [1.82, 2.24) is 9.38 Å². The highest BCUT2D eigenvalue weighted by Crippen LogP contribution is 2.35. The number of aromatic hydroxyl groups is 1. The van der Waals surface area contributed by atoms with Gasteiger partial charge in [-0.2, -0.15) is 0 Å². The van der Waals surface area contributed by atoms with Gasteiger partial charge in [0.1, 0.15) is 17.1 Å². The van der Waals surface area contributed by atoms with Gasteiger partial charge in [-0.15, -0.1) is 10.2 Å². The normalized spacial score (nSPS) is 11.5. The van der Waals surface area contributed by atoms with E-state index in [1.165, 1.54) is 5.56 Å². The van der Waals surface area contributed by atoms with Gasteiger partial charge in [0.15, 0.2) is 5.82 Å². The largest absolute Gasteiger partial charge is 0.508 e. The van der Waals surface area contributed by atoms with Gasteiger partial charge in [-0.1, -0.05) is 23.8 Å².